The number of halogens is 1. The Balaban J connectivity index is 1.16. The molecule has 3 atom stereocenters. The average Bonchev–Trinajstić information content (AvgIpc) is 3.63. The second kappa shape index (κ2) is 8.82. The highest BCUT2D eigenvalue weighted by Gasteiger charge is 2.50. The zero-order chi connectivity index (χ0) is 25.9. The molecule has 0 aliphatic carbocycles. The number of benzene rings is 1. The van der Waals surface area contributed by atoms with Crippen LogP contribution in [0, 0.1) is 5.92 Å². The first-order valence-corrected chi connectivity index (χ1v) is 14.0. The van der Waals surface area contributed by atoms with Crippen molar-refractivity contribution in [3.05, 3.63) is 66.2 Å². The highest BCUT2D eigenvalue weighted by Crippen LogP contribution is 2.40. The van der Waals surface area contributed by atoms with Crippen LogP contribution < -0.4 is 15.4 Å². The Morgan fingerprint density at radius 1 is 1.11 bits per heavy atom. The van der Waals surface area contributed by atoms with Crippen LogP contribution in [0.4, 0.5) is 11.5 Å². The van der Waals surface area contributed by atoms with E-state index in [4.69, 9.17) is 21.3 Å². The van der Waals surface area contributed by atoms with E-state index in [1.54, 1.807) is 47.2 Å². The van der Waals surface area contributed by atoms with Gasteiger partial charge in [0.15, 0.2) is 21.3 Å². The van der Waals surface area contributed by atoms with E-state index in [9.17, 15) is 8.42 Å². The third-order valence-corrected chi connectivity index (χ3v) is 9.52. The predicted octanol–water partition coefficient (Wildman–Crippen LogP) is 3.10. The summed E-state index contributed by atoms with van der Waals surface area (Å²) in [5.41, 5.74) is 2.33. The molecule has 14 heteroatoms. The number of anilines is 2. The first-order valence-electron chi connectivity index (χ1n) is 11.9. The third kappa shape index (κ3) is 3.99. The van der Waals surface area contributed by atoms with Crippen LogP contribution in [0.5, 0.6) is 11.5 Å². The van der Waals surface area contributed by atoms with Crippen LogP contribution >= 0.6 is 11.6 Å². The molecule has 5 aromatic rings. The van der Waals surface area contributed by atoms with Gasteiger partial charge in [0.25, 0.3) is 0 Å². The number of aromatic nitrogens is 7. The van der Waals surface area contributed by atoms with Crippen LogP contribution in [0.1, 0.15) is 18.3 Å². The van der Waals surface area contributed by atoms with Gasteiger partial charge in [-0.1, -0.05) is 11.6 Å². The minimum atomic E-state index is -3.20. The van der Waals surface area contributed by atoms with Crippen molar-refractivity contribution in [3.8, 4) is 11.5 Å². The van der Waals surface area contributed by atoms with Gasteiger partial charge in [0.1, 0.15) is 41.0 Å². The molecule has 7 rings (SSSR count). The molecule has 6 heterocycles. The molecule has 4 aromatic heterocycles. The van der Waals surface area contributed by atoms with Crippen LogP contribution in [0.15, 0.2) is 55.4 Å². The van der Waals surface area contributed by atoms with Crippen LogP contribution in [-0.4, -0.2) is 60.5 Å². The van der Waals surface area contributed by atoms with Gasteiger partial charge in [-0.3, -0.25) is 0 Å². The average molecular weight is 550 g/mol. The van der Waals surface area contributed by atoms with Crippen molar-refractivity contribution in [1.29, 1.82) is 0 Å². The maximum absolute atomic E-state index is 12.7. The number of ether oxygens (including phenoxy) is 1. The number of hydrogen-bond acceptors (Lipinski definition) is 11. The Kier molecular flexibility index (Phi) is 5.39. The molecule has 192 valence electrons. The Hall–Kier alpha value is -3.94. The fourth-order valence-corrected chi connectivity index (χ4v) is 7.71. The van der Waals surface area contributed by atoms with Crippen molar-refractivity contribution >= 4 is 49.6 Å². The Bertz CT molecular complexity index is 1810. The first kappa shape index (κ1) is 23.2. The molecule has 0 amide bonds. The van der Waals surface area contributed by atoms with Gasteiger partial charge in [-0.25, -0.2) is 37.9 Å². The Morgan fingerprint density at radius 3 is 2.92 bits per heavy atom. The molecular formula is C24H20ClN9O3S. The van der Waals surface area contributed by atoms with Gasteiger partial charge in [-0.05, 0) is 36.6 Å². The van der Waals surface area contributed by atoms with Gasteiger partial charge >= 0.3 is 0 Å². The first-order chi connectivity index (χ1) is 18.4. The summed E-state index contributed by atoms with van der Waals surface area (Å²) in [7, 11) is -3.20. The van der Waals surface area contributed by atoms with Gasteiger partial charge in [-0.15, -0.1) is 0 Å². The maximum Gasteiger partial charge on any atom is 0.160 e. The summed E-state index contributed by atoms with van der Waals surface area (Å²) in [6.07, 6.45) is 6.89. The van der Waals surface area contributed by atoms with E-state index in [1.165, 1.54) is 12.7 Å². The summed E-state index contributed by atoms with van der Waals surface area (Å²) < 4.78 is 32.9. The zero-order valence-corrected chi connectivity index (χ0v) is 21.3. The number of nitrogens with zero attached hydrogens (tertiary/aromatic N) is 7. The smallest absolute Gasteiger partial charge is 0.160 e. The number of pyridine rings is 1. The van der Waals surface area contributed by atoms with E-state index in [2.05, 4.69) is 35.7 Å². The van der Waals surface area contributed by atoms with Crippen LogP contribution in [0.3, 0.4) is 0 Å². The van der Waals surface area contributed by atoms with Crippen molar-refractivity contribution in [2.24, 2.45) is 5.92 Å². The minimum absolute atomic E-state index is 0.0788. The fraction of sp³-hybridized carbons (Fsp3) is 0.250. The summed E-state index contributed by atoms with van der Waals surface area (Å²) in [5.74, 6) is 2.20. The van der Waals surface area contributed by atoms with E-state index in [-0.39, 0.29) is 11.7 Å². The molecule has 3 unspecified atom stereocenters. The second-order valence-electron chi connectivity index (χ2n) is 9.25. The molecule has 38 heavy (non-hydrogen) atoms. The lowest BCUT2D eigenvalue weighted by molar-refractivity contribution is 0.482. The van der Waals surface area contributed by atoms with Crippen LogP contribution in [0.2, 0.25) is 5.02 Å². The van der Waals surface area contributed by atoms with Crippen molar-refractivity contribution < 1.29 is 13.2 Å². The molecule has 1 aromatic carbocycles. The normalized spacial score (nSPS) is 22.1. The molecule has 0 saturated carbocycles. The van der Waals surface area contributed by atoms with E-state index in [1.807, 2.05) is 0 Å². The molecule has 2 fully saturated rings. The lowest BCUT2D eigenvalue weighted by Crippen LogP contribution is -2.29. The quantitative estimate of drug-likeness (QED) is 0.333. The highest BCUT2D eigenvalue weighted by atomic mass is 35.5. The second-order valence-corrected chi connectivity index (χ2v) is 11.9. The lowest BCUT2D eigenvalue weighted by atomic mass is 10.0. The van der Waals surface area contributed by atoms with Crippen LogP contribution in [-0.2, 0) is 9.84 Å². The van der Waals surface area contributed by atoms with E-state index < -0.39 is 21.1 Å². The van der Waals surface area contributed by atoms with Crippen molar-refractivity contribution in [1.82, 2.24) is 39.9 Å². The summed E-state index contributed by atoms with van der Waals surface area (Å²) in [5, 5.41) is 10.5. The number of nitrogens with one attached hydrogen (secondary N) is 2. The van der Waals surface area contributed by atoms with Crippen molar-refractivity contribution in [2.75, 3.05) is 17.6 Å². The largest absolute Gasteiger partial charge is 0.456 e. The molecule has 2 aliphatic heterocycles. The summed E-state index contributed by atoms with van der Waals surface area (Å²) in [6, 6.07) is 8.34. The van der Waals surface area contributed by atoms with E-state index >= 15 is 0 Å². The molecule has 2 N–H and O–H groups in total. The molecule has 12 nitrogen and oxygen atoms in total. The van der Waals surface area contributed by atoms with Gasteiger partial charge in [-0.2, -0.15) is 5.10 Å². The zero-order valence-electron chi connectivity index (χ0n) is 19.7. The minimum Gasteiger partial charge on any atom is -0.456 e. The third-order valence-electron chi connectivity index (χ3n) is 6.93. The van der Waals surface area contributed by atoms with Crippen LogP contribution in [0.25, 0.3) is 16.7 Å². The maximum atomic E-state index is 12.7. The predicted molar refractivity (Wildman–Crippen MR) is 139 cm³/mol. The standard InChI is InChI=1S/C24H20ClN9O3S/c25-16-7-14(1-2-18(16)37-15-3-5-34-19(8-15)29-12-31-34)32-23-20-17(28-11-30-23)10-27-24(33-20)21-22-13(9-26-21)4-6-38(22,35)36/h1-3,5,7-8,10-13,21-22,26H,4,6,9H2,(H,28,30,32). The van der Waals surface area contributed by atoms with Gasteiger partial charge < -0.3 is 15.4 Å². The molecule has 0 spiro atoms. The Labute approximate surface area is 221 Å². The van der Waals surface area contributed by atoms with Gasteiger partial charge in [0.2, 0.25) is 0 Å². The SMILES string of the molecule is O=S1(=O)CCC2CNC(c3ncc4ncnc(Nc5ccc(Oc6ccn7ncnc7c6)c(Cl)c5)c4n3)C21. The lowest BCUT2D eigenvalue weighted by Gasteiger charge is -2.17. The number of fused-ring (bicyclic) bond motifs is 3. The topological polar surface area (TPSA) is 149 Å². The molecule has 2 saturated heterocycles. The molecule has 0 bridgehead atoms. The summed E-state index contributed by atoms with van der Waals surface area (Å²) >= 11 is 6.53. The summed E-state index contributed by atoms with van der Waals surface area (Å²) in [6.45, 7) is 0.631. The number of sulfone groups is 1. The van der Waals surface area contributed by atoms with Crippen molar-refractivity contribution in [2.45, 2.75) is 17.7 Å². The fourth-order valence-electron chi connectivity index (χ4n) is 5.13. The van der Waals surface area contributed by atoms with Gasteiger partial charge in [0.05, 0.1) is 28.3 Å². The van der Waals surface area contributed by atoms with Gasteiger partial charge in [0, 0.05) is 24.5 Å². The molecule has 2 aliphatic rings. The number of rotatable bonds is 5. The molecule has 0 radical (unpaired) electrons. The van der Waals surface area contributed by atoms with E-state index in [0.29, 0.717) is 63.5 Å². The molecular weight excluding hydrogens is 530 g/mol. The monoisotopic (exact) mass is 549 g/mol. The number of hydrogen-bond donors (Lipinski definition) is 2. The summed E-state index contributed by atoms with van der Waals surface area (Å²) in [4.78, 5) is 21.9. The Morgan fingerprint density at radius 2 is 2.03 bits per heavy atom. The van der Waals surface area contributed by atoms with Crippen molar-refractivity contribution in [3.63, 3.8) is 0 Å². The van der Waals surface area contributed by atoms with E-state index in [0.717, 1.165) is 0 Å². The highest BCUT2D eigenvalue weighted by molar-refractivity contribution is 7.92.